The van der Waals surface area contributed by atoms with E-state index in [1.54, 1.807) is 30.3 Å². The number of aryl methyl sites for hydroxylation is 1. The van der Waals surface area contributed by atoms with Crippen molar-refractivity contribution in [1.29, 1.82) is 0 Å². The molecule has 0 fully saturated rings. The van der Waals surface area contributed by atoms with E-state index in [9.17, 15) is 5.11 Å². The van der Waals surface area contributed by atoms with E-state index >= 15 is 0 Å². The maximum atomic E-state index is 10.7. The number of guanidine groups is 1. The van der Waals surface area contributed by atoms with Crippen molar-refractivity contribution in [2.45, 2.75) is 25.5 Å². The van der Waals surface area contributed by atoms with Crippen molar-refractivity contribution >= 4 is 29.9 Å². The van der Waals surface area contributed by atoms with E-state index in [0.29, 0.717) is 12.5 Å². The van der Waals surface area contributed by atoms with E-state index in [2.05, 4.69) is 25.6 Å². The van der Waals surface area contributed by atoms with Gasteiger partial charge in [0.2, 0.25) is 0 Å². The van der Waals surface area contributed by atoms with Gasteiger partial charge >= 0.3 is 0 Å². The van der Waals surface area contributed by atoms with Crippen LogP contribution < -0.4 is 10.6 Å². The highest BCUT2D eigenvalue weighted by Crippen LogP contribution is 2.20. The van der Waals surface area contributed by atoms with Crippen molar-refractivity contribution < 1.29 is 9.52 Å². The molecule has 0 bridgehead atoms. The third-order valence-corrected chi connectivity index (χ3v) is 4.17. The molecule has 2 rings (SSSR count). The molecule has 2 heterocycles. The number of aliphatic imine (C=N–C) groups is 1. The van der Waals surface area contributed by atoms with Crippen LogP contribution in [0, 0.1) is 0 Å². The van der Waals surface area contributed by atoms with E-state index in [4.69, 9.17) is 4.42 Å². The number of furan rings is 1. The molecule has 0 radical (unpaired) electrons. The van der Waals surface area contributed by atoms with Crippen LogP contribution >= 0.6 is 24.0 Å². The average Bonchev–Trinajstić information content (AvgIpc) is 3.24. The topological polar surface area (TPSA) is 90.8 Å². The normalized spacial score (nSPS) is 15.1. The highest BCUT2D eigenvalue weighted by molar-refractivity contribution is 14.0. The SMILES string of the molecule is CCNC(=NCC(C)(O)c1cnn(C)c1)NCC(c1ccco1)N(C)C.I. The van der Waals surface area contributed by atoms with Gasteiger partial charge in [0.1, 0.15) is 11.4 Å². The summed E-state index contributed by atoms with van der Waals surface area (Å²) < 4.78 is 7.20. The lowest BCUT2D eigenvalue weighted by atomic mass is 10.0. The number of hydrogen-bond acceptors (Lipinski definition) is 5. The predicted octanol–water partition coefficient (Wildman–Crippen LogP) is 1.70. The standard InChI is InChI=1S/C18H30N6O2.HI/c1-6-19-17(20-11-15(23(3)4)16-8-7-9-26-16)21-13-18(2,25)14-10-22-24(5)12-14;/h7-10,12,15,25H,6,11,13H2,1-5H3,(H2,19,20,21);1H. The second-order valence-electron chi connectivity index (χ2n) is 6.75. The minimum atomic E-state index is -1.08. The number of halogens is 1. The van der Waals surface area contributed by atoms with Gasteiger partial charge in [-0.15, -0.1) is 24.0 Å². The summed E-state index contributed by atoms with van der Waals surface area (Å²) in [7, 11) is 5.84. The molecule has 2 unspecified atom stereocenters. The smallest absolute Gasteiger partial charge is 0.191 e. The molecule has 2 aromatic rings. The summed E-state index contributed by atoms with van der Waals surface area (Å²) in [6.07, 6.45) is 5.14. The van der Waals surface area contributed by atoms with Crippen molar-refractivity contribution in [1.82, 2.24) is 25.3 Å². The molecule has 0 aromatic carbocycles. The van der Waals surface area contributed by atoms with Crippen LogP contribution in [0.2, 0.25) is 0 Å². The Morgan fingerprint density at radius 3 is 2.70 bits per heavy atom. The first-order valence-corrected chi connectivity index (χ1v) is 8.77. The van der Waals surface area contributed by atoms with Gasteiger partial charge in [0.15, 0.2) is 5.96 Å². The second-order valence-corrected chi connectivity index (χ2v) is 6.75. The summed E-state index contributed by atoms with van der Waals surface area (Å²) >= 11 is 0. The number of likely N-dealkylation sites (N-methyl/N-ethyl adjacent to an activating group) is 1. The van der Waals surface area contributed by atoms with Gasteiger partial charge < -0.3 is 20.2 Å². The molecule has 27 heavy (non-hydrogen) atoms. The molecular formula is C18H31IN6O2. The van der Waals surface area contributed by atoms with Crippen LogP contribution in [-0.4, -0.2) is 59.5 Å². The van der Waals surface area contributed by atoms with Crippen molar-refractivity contribution in [2.75, 3.05) is 33.7 Å². The molecule has 8 nitrogen and oxygen atoms in total. The van der Waals surface area contributed by atoms with Crippen molar-refractivity contribution in [3.63, 3.8) is 0 Å². The largest absolute Gasteiger partial charge is 0.468 e. The fraction of sp³-hybridized carbons (Fsp3) is 0.556. The van der Waals surface area contributed by atoms with Crippen LogP contribution in [0.3, 0.4) is 0 Å². The van der Waals surface area contributed by atoms with Gasteiger partial charge in [0.25, 0.3) is 0 Å². The minimum Gasteiger partial charge on any atom is -0.468 e. The first-order valence-electron chi connectivity index (χ1n) is 8.77. The number of aliphatic hydroxyl groups is 1. The molecule has 0 aliphatic carbocycles. The molecule has 0 saturated heterocycles. The summed E-state index contributed by atoms with van der Waals surface area (Å²) in [6, 6.07) is 3.92. The molecule has 0 aliphatic rings. The molecule has 0 aliphatic heterocycles. The van der Waals surface area contributed by atoms with Crippen LogP contribution in [0.4, 0.5) is 0 Å². The van der Waals surface area contributed by atoms with Gasteiger partial charge in [-0.3, -0.25) is 9.58 Å². The monoisotopic (exact) mass is 490 g/mol. The Balaban J connectivity index is 0.00000364. The van der Waals surface area contributed by atoms with Crippen molar-refractivity contribution in [3.05, 3.63) is 42.1 Å². The Morgan fingerprint density at radius 1 is 1.44 bits per heavy atom. The number of aromatic nitrogens is 2. The van der Waals surface area contributed by atoms with Gasteiger partial charge in [0.05, 0.1) is 25.0 Å². The third kappa shape index (κ3) is 6.82. The minimum absolute atomic E-state index is 0. The van der Waals surface area contributed by atoms with Gasteiger partial charge in [0, 0.05) is 31.9 Å². The molecular weight excluding hydrogens is 459 g/mol. The first-order chi connectivity index (χ1) is 12.3. The average molecular weight is 490 g/mol. The summed E-state index contributed by atoms with van der Waals surface area (Å²) in [5.74, 6) is 1.54. The van der Waals surface area contributed by atoms with Gasteiger partial charge in [-0.2, -0.15) is 5.10 Å². The lowest BCUT2D eigenvalue weighted by molar-refractivity contribution is 0.0671. The molecule has 0 saturated carbocycles. The zero-order valence-corrected chi connectivity index (χ0v) is 19.0. The number of nitrogens with one attached hydrogen (secondary N) is 2. The third-order valence-electron chi connectivity index (χ3n) is 4.17. The number of hydrogen-bond donors (Lipinski definition) is 3. The fourth-order valence-corrected chi connectivity index (χ4v) is 2.58. The van der Waals surface area contributed by atoms with Crippen LogP contribution in [-0.2, 0) is 12.6 Å². The summed E-state index contributed by atoms with van der Waals surface area (Å²) in [6.45, 7) is 5.33. The Kier molecular flexibility index (Phi) is 9.27. The molecule has 3 N–H and O–H groups in total. The van der Waals surface area contributed by atoms with Crippen LogP contribution in [0.5, 0.6) is 0 Å². The zero-order chi connectivity index (χ0) is 19.2. The predicted molar refractivity (Wildman–Crippen MR) is 117 cm³/mol. The Bertz CT molecular complexity index is 697. The van der Waals surface area contributed by atoms with Crippen LogP contribution in [0.15, 0.2) is 40.2 Å². The van der Waals surface area contributed by atoms with Crippen LogP contribution in [0.25, 0.3) is 0 Å². The van der Waals surface area contributed by atoms with Crippen LogP contribution in [0.1, 0.15) is 31.2 Å². The zero-order valence-electron chi connectivity index (χ0n) is 16.6. The van der Waals surface area contributed by atoms with E-state index < -0.39 is 5.60 Å². The van der Waals surface area contributed by atoms with Crippen molar-refractivity contribution in [2.24, 2.45) is 12.0 Å². The second kappa shape index (κ2) is 10.7. The lowest BCUT2D eigenvalue weighted by Gasteiger charge is -2.24. The number of nitrogens with zero attached hydrogens (tertiary/aromatic N) is 4. The summed E-state index contributed by atoms with van der Waals surface area (Å²) in [5, 5.41) is 21.3. The highest BCUT2D eigenvalue weighted by atomic mass is 127. The van der Waals surface area contributed by atoms with E-state index in [0.717, 1.165) is 17.9 Å². The Hall–Kier alpha value is -1.59. The Morgan fingerprint density at radius 2 is 2.19 bits per heavy atom. The van der Waals surface area contributed by atoms with Crippen molar-refractivity contribution in [3.8, 4) is 0 Å². The Labute approximate surface area is 178 Å². The molecule has 0 spiro atoms. The summed E-state index contributed by atoms with van der Waals surface area (Å²) in [4.78, 5) is 6.63. The molecule has 0 amide bonds. The maximum absolute atomic E-state index is 10.7. The molecule has 9 heteroatoms. The van der Waals surface area contributed by atoms with E-state index in [1.165, 1.54) is 0 Å². The maximum Gasteiger partial charge on any atom is 0.191 e. The molecule has 2 aromatic heterocycles. The number of rotatable bonds is 8. The molecule has 2 atom stereocenters. The van der Waals surface area contributed by atoms with Gasteiger partial charge in [-0.1, -0.05) is 0 Å². The van der Waals surface area contributed by atoms with Gasteiger partial charge in [-0.25, -0.2) is 4.99 Å². The van der Waals surface area contributed by atoms with E-state index in [-0.39, 0.29) is 36.6 Å². The highest BCUT2D eigenvalue weighted by Gasteiger charge is 2.25. The summed E-state index contributed by atoms with van der Waals surface area (Å²) in [5.41, 5.74) is -0.347. The quantitative estimate of drug-likeness (QED) is 0.297. The molecule has 152 valence electrons. The first kappa shape index (κ1) is 23.4. The fourth-order valence-electron chi connectivity index (χ4n) is 2.58. The van der Waals surface area contributed by atoms with E-state index in [1.807, 2.05) is 40.2 Å². The lowest BCUT2D eigenvalue weighted by Crippen LogP contribution is -2.42. The van der Waals surface area contributed by atoms with Gasteiger partial charge in [-0.05, 0) is 40.1 Å².